The Morgan fingerprint density at radius 2 is 1.91 bits per heavy atom. The fourth-order valence-corrected chi connectivity index (χ4v) is 2.15. The van der Waals surface area contributed by atoms with Crippen molar-refractivity contribution in [3.05, 3.63) is 53.6 Å². The number of methoxy groups -OCH3 is 1. The zero-order valence-corrected chi connectivity index (χ0v) is 11.6. The molecule has 22 heavy (non-hydrogen) atoms. The van der Waals surface area contributed by atoms with Crippen molar-refractivity contribution in [3.8, 4) is 16.9 Å². The summed E-state index contributed by atoms with van der Waals surface area (Å²) in [6.45, 7) is 0. The Kier molecular flexibility index (Phi) is 4.40. The first-order chi connectivity index (χ1) is 10.3. The Bertz CT molecular complexity index is 693. The van der Waals surface area contributed by atoms with Crippen LogP contribution in [0.25, 0.3) is 11.1 Å². The lowest BCUT2D eigenvalue weighted by molar-refractivity contribution is -0.138. The molecule has 3 nitrogen and oxygen atoms in total. The summed E-state index contributed by atoms with van der Waals surface area (Å²) < 4.78 is 43.4. The molecule has 0 unspecified atom stereocenters. The fraction of sp³-hybridized carbons (Fsp3) is 0.188. The molecule has 116 valence electrons. The van der Waals surface area contributed by atoms with Crippen molar-refractivity contribution in [3.63, 3.8) is 0 Å². The number of hydrogen-bond donors (Lipinski definition) is 1. The van der Waals surface area contributed by atoms with Gasteiger partial charge in [0.2, 0.25) is 0 Å². The van der Waals surface area contributed by atoms with Crippen LogP contribution >= 0.6 is 0 Å². The topological polar surface area (TPSA) is 46.5 Å². The zero-order valence-electron chi connectivity index (χ0n) is 11.6. The molecular weight excluding hydrogens is 297 g/mol. The molecule has 2 rings (SSSR count). The van der Waals surface area contributed by atoms with E-state index in [-0.39, 0.29) is 6.42 Å². The van der Waals surface area contributed by atoms with Crippen LogP contribution in [0.15, 0.2) is 42.5 Å². The highest BCUT2D eigenvalue weighted by atomic mass is 19.4. The Morgan fingerprint density at radius 1 is 1.18 bits per heavy atom. The maximum Gasteiger partial charge on any atom is 0.416 e. The van der Waals surface area contributed by atoms with E-state index in [1.165, 1.54) is 25.3 Å². The minimum atomic E-state index is -4.45. The molecule has 2 aromatic carbocycles. The first-order valence-corrected chi connectivity index (χ1v) is 6.37. The van der Waals surface area contributed by atoms with E-state index in [9.17, 15) is 18.0 Å². The van der Waals surface area contributed by atoms with Crippen molar-refractivity contribution in [2.45, 2.75) is 12.6 Å². The predicted molar refractivity (Wildman–Crippen MR) is 74.8 cm³/mol. The van der Waals surface area contributed by atoms with Crippen LogP contribution in [0.3, 0.4) is 0 Å². The lowest BCUT2D eigenvalue weighted by Gasteiger charge is -2.13. The van der Waals surface area contributed by atoms with Gasteiger partial charge in [0, 0.05) is 0 Å². The van der Waals surface area contributed by atoms with Gasteiger partial charge in [0.05, 0.1) is 19.1 Å². The van der Waals surface area contributed by atoms with E-state index in [0.717, 1.165) is 12.1 Å². The molecule has 2 aromatic rings. The van der Waals surface area contributed by atoms with E-state index >= 15 is 0 Å². The second kappa shape index (κ2) is 6.09. The minimum absolute atomic E-state index is 0.303. The number of hydrogen-bond acceptors (Lipinski definition) is 2. The molecule has 0 aliphatic carbocycles. The Labute approximate surface area is 125 Å². The molecule has 0 bridgehead atoms. The lowest BCUT2D eigenvalue weighted by Crippen LogP contribution is -2.05. The van der Waals surface area contributed by atoms with Crippen molar-refractivity contribution >= 4 is 5.97 Å². The summed E-state index contributed by atoms with van der Waals surface area (Å²) in [5.41, 5.74) is 0.372. The van der Waals surface area contributed by atoms with Gasteiger partial charge in [-0.15, -0.1) is 0 Å². The molecule has 0 saturated heterocycles. The van der Waals surface area contributed by atoms with Crippen molar-refractivity contribution in [2.24, 2.45) is 0 Å². The van der Waals surface area contributed by atoms with Crippen LogP contribution in [-0.2, 0) is 17.4 Å². The highest BCUT2D eigenvalue weighted by Gasteiger charge is 2.30. The van der Waals surface area contributed by atoms with Gasteiger partial charge in [0.15, 0.2) is 0 Å². The summed E-state index contributed by atoms with van der Waals surface area (Å²) in [4.78, 5) is 11.0. The maximum absolute atomic E-state index is 12.8. The predicted octanol–water partition coefficient (Wildman–Crippen LogP) is 4.01. The van der Waals surface area contributed by atoms with Crippen molar-refractivity contribution in [1.82, 2.24) is 0 Å². The number of aliphatic carboxylic acids is 1. The number of rotatable bonds is 4. The third kappa shape index (κ3) is 3.58. The first kappa shape index (κ1) is 15.9. The first-order valence-electron chi connectivity index (χ1n) is 6.37. The minimum Gasteiger partial charge on any atom is -0.497 e. The van der Waals surface area contributed by atoms with Gasteiger partial charge in [0.1, 0.15) is 5.75 Å². The van der Waals surface area contributed by atoms with Gasteiger partial charge in [-0.05, 0) is 41.0 Å². The molecule has 0 aromatic heterocycles. The summed E-state index contributed by atoms with van der Waals surface area (Å²) in [6.07, 6.45) is -4.75. The standard InChI is InChI=1S/C16H13F3O3/c1-22-13-5-6-14(11(8-13)9-15(20)21)10-3-2-4-12(7-10)16(17,18)19/h2-8H,9H2,1H3,(H,20,21). The van der Waals surface area contributed by atoms with Crippen molar-refractivity contribution in [1.29, 1.82) is 0 Å². The summed E-state index contributed by atoms with van der Waals surface area (Å²) in [5, 5.41) is 8.96. The molecule has 0 heterocycles. The molecule has 0 aliphatic rings. The van der Waals surface area contributed by atoms with Crippen LogP contribution in [0.4, 0.5) is 13.2 Å². The number of halogens is 3. The van der Waals surface area contributed by atoms with Crippen molar-refractivity contribution in [2.75, 3.05) is 7.11 Å². The van der Waals surface area contributed by atoms with Crippen LogP contribution in [0.5, 0.6) is 5.75 Å². The van der Waals surface area contributed by atoms with Crippen LogP contribution in [0.2, 0.25) is 0 Å². The Hall–Kier alpha value is -2.50. The van der Waals surface area contributed by atoms with Gasteiger partial charge in [-0.2, -0.15) is 13.2 Å². The Balaban J connectivity index is 2.54. The summed E-state index contributed by atoms with van der Waals surface area (Å²) >= 11 is 0. The van der Waals surface area contributed by atoms with Gasteiger partial charge in [-0.1, -0.05) is 18.2 Å². The molecule has 0 atom stereocenters. The van der Waals surface area contributed by atoms with Crippen LogP contribution in [-0.4, -0.2) is 18.2 Å². The van der Waals surface area contributed by atoms with E-state index in [1.54, 1.807) is 12.1 Å². The zero-order chi connectivity index (χ0) is 16.3. The smallest absolute Gasteiger partial charge is 0.416 e. The number of benzene rings is 2. The molecule has 1 N–H and O–H groups in total. The molecular formula is C16H13F3O3. The van der Waals surface area contributed by atoms with Crippen LogP contribution in [0.1, 0.15) is 11.1 Å². The third-order valence-electron chi connectivity index (χ3n) is 3.15. The van der Waals surface area contributed by atoms with Gasteiger partial charge in [0.25, 0.3) is 0 Å². The quantitative estimate of drug-likeness (QED) is 0.928. The number of ether oxygens (including phenoxy) is 1. The highest BCUT2D eigenvalue weighted by molar-refractivity contribution is 5.77. The summed E-state index contributed by atoms with van der Waals surface area (Å²) in [6, 6.07) is 9.46. The molecule has 6 heteroatoms. The second-order valence-corrected chi connectivity index (χ2v) is 4.67. The number of carboxylic acid groups (broad SMARTS) is 1. The van der Waals surface area contributed by atoms with Crippen LogP contribution < -0.4 is 4.74 Å². The molecule has 0 fully saturated rings. The summed E-state index contributed by atoms with van der Waals surface area (Å²) in [7, 11) is 1.43. The van der Waals surface area contributed by atoms with E-state index in [0.29, 0.717) is 22.4 Å². The van der Waals surface area contributed by atoms with Crippen molar-refractivity contribution < 1.29 is 27.8 Å². The van der Waals surface area contributed by atoms with Gasteiger partial charge < -0.3 is 9.84 Å². The SMILES string of the molecule is COc1ccc(-c2cccc(C(F)(F)F)c2)c(CC(=O)O)c1. The number of alkyl halides is 3. The lowest BCUT2D eigenvalue weighted by atomic mass is 9.96. The molecule has 0 amide bonds. The Morgan fingerprint density at radius 3 is 2.50 bits per heavy atom. The van der Waals surface area contributed by atoms with E-state index in [1.807, 2.05) is 0 Å². The molecule has 0 saturated carbocycles. The summed E-state index contributed by atoms with van der Waals surface area (Å²) in [5.74, 6) is -0.617. The van der Waals surface area contributed by atoms with Gasteiger partial charge in [-0.25, -0.2) is 0 Å². The fourth-order valence-electron chi connectivity index (χ4n) is 2.15. The average molecular weight is 310 g/mol. The third-order valence-corrected chi connectivity index (χ3v) is 3.15. The van der Waals surface area contributed by atoms with Gasteiger partial charge >= 0.3 is 12.1 Å². The largest absolute Gasteiger partial charge is 0.497 e. The molecule has 0 aliphatic heterocycles. The van der Waals surface area contributed by atoms with Gasteiger partial charge in [-0.3, -0.25) is 4.79 Å². The van der Waals surface area contributed by atoms with Crippen LogP contribution in [0, 0.1) is 0 Å². The van der Waals surface area contributed by atoms with E-state index in [2.05, 4.69) is 0 Å². The number of carbonyl (C=O) groups is 1. The monoisotopic (exact) mass is 310 g/mol. The normalized spacial score (nSPS) is 11.3. The van der Waals surface area contributed by atoms with E-state index < -0.39 is 17.7 Å². The molecule has 0 radical (unpaired) electrons. The second-order valence-electron chi connectivity index (χ2n) is 4.67. The average Bonchev–Trinajstić information content (AvgIpc) is 2.45. The molecule has 0 spiro atoms. The highest BCUT2D eigenvalue weighted by Crippen LogP contribution is 2.34. The maximum atomic E-state index is 12.8. The number of carboxylic acids is 1. The van der Waals surface area contributed by atoms with E-state index in [4.69, 9.17) is 9.84 Å².